The molecular weight excluding hydrogens is 534 g/mol. The summed E-state index contributed by atoms with van der Waals surface area (Å²) >= 11 is 6.47. The molecule has 0 fully saturated rings. The minimum atomic E-state index is -0.712. The van der Waals surface area contributed by atoms with Crippen molar-refractivity contribution in [1.82, 2.24) is 19.1 Å². The number of nitrogens with one attached hydrogen (secondary N) is 1. The van der Waals surface area contributed by atoms with Gasteiger partial charge in [-0.05, 0) is 53.9 Å². The van der Waals surface area contributed by atoms with E-state index in [0.29, 0.717) is 33.9 Å². The van der Waals surface area contributed by atoms with E-state index >= 15 is 0 Å². The van der Waals surface area contributed by atoms with Gasteiger partial charge in [0.15, 0.2) is 11.5 Å². The van der Waals surface area contributed by atoms with Crippen LogP contribution in [0.15, 0.2) is 76.3 Å². The van der Waals surface area contributed by atoms with Gasteiger partial charge < -0.3 is 14.0 Å². The van der Waals surface area contributed by atoms with Gasteiger partial charge in [0.1, 0.15) is 12.4 Å². The largest absolute Gasteiger partial charge is 0.497 e. The SMILES string of the molecule is CCc1cc2c(cc1Cl)nc1c(=O)n(Cc3ccc(OC)cc3)c(=O)nc-1n2CCOC(=O)Nc1ccccc1. The topological polar surface area (TPSA) is 117 Å². The van der Waals surface area contributed by atoms with Crippen LogP contribution < -0.4 is 21.3 Å². The number of aromatic nitrogens is 4. The van der Waals surface area contributed by atoms with E-state index < -0.39 is 17.3 Å². The molecule has 0 spiro atoms. The summed E-state index contributed by atoms with van der Waals surface area (Å²) in [4.78, 5) is 47.8. The third-order valence-electron chi connectivity index (χ3n) is 6.46. The van der Waals surface area contributed by atoms with Crippen molar-refractivity contribution in [1.29, 1.82) is 0 Å². The Morgan fingerprint density at radius 2 is 1.75 bits per heavy atom. The molecular formula is C29H26ClN5O5. The minimum absolute atomic E-state index is 0.00895. The first-order chi connectivity index (χ1) is 19.4. The number of aryl methyl sites for hydroxylation is 1. The lowest BCUT2D eigenvalue weighted by atomic mass is 10.1. The van der Waals surface area contributed by atoms with Crippen LogP contribution >= 0.6 is 11.6 Å². The van der Waals surface area contributed by atoms with E-state index in [1.165, 1.54) is 0 Å². The molecule has 11 heteroatoms. The molecule has 0 saturated carbocycles. The maximum absolute atomic E-state index is 13.6. The van der Waals surface area contributed by atoms with Crippen molar-refractivity contribution in [2.45, 2.75) is 26.4 Å². The maximum Gasteiger partial charge on any atom is 0.411 e. The molecule has 0 unspecified atom stereocenters. The van der Waals surface area contributed by atoms with E-state index in [2.05, 4.69) is 15.3 Å². The van der Waals surface area contributed by atoms with Gasteiger partial charge >= 0.3 is 11.8 Å². The molecule has 3 aromatic rings. The molecule has 2 aliphatic rings. The Hall–Kier alpha value is -4.70. The van der Waals surface area contributed by atoms with Crippen molar-refractivity contribution in [3.05, 3.63) is 104 Å². The zero-order chi connectivity index (χ0) is 28.2. The molecule has 1 amide bonds. The second kappa shape index (κ2) is 11.6. The molecule has 2 aliphatic heterocycles. The highest BCUT2D eigenvalue weighted by molar-refractivity contribution is 6.32. The normalized spacial score (nSPS) is 11.1. The minimum Gasteiger partial charge on any atom is -0.497 e. The lowest BCUT2D eigenvalue weighted by molar-refractivity contribution is 0.157. The fourth-order valence-electron chi connectivity index (χ4n) is 4.39. The number of anilines is 1. The number of benzene rings is 3. The zero-order valence-electron chi connectivity index (χ0n) is 21.9. The summed E-state index contributed by atoms with van der Waals surface area (Å²) in [6.07, 6.45) is 0.0259. The summed E-state index contributed by atoms with van der Waals surface area (Å²) in [5.74, 6) is 0.761. The zero-order valence-corrected chi connectivity index (χ0v) is 22.6. The lowest BCUT2D eigenvalue weighted by Gasteiger charge is -2.19. The Labute approximate surface area is 234 Å². The molecule has 10 nitrogen and oxygen atoms in total. The van der Waals surface area contributed by atoms with Gasteiger partial charge in [-0.25, -0.2) is 14.6 Å². The summed E-state index contributed by atoms with van der Waals surface area (Å²) < 4.78 is 13.3. The highest BCUT2D eigenvalue weighted by atomic mass is 35.5. The summed E-state index contributed by atoms with van der Waals surface area (Å²) in [7, 11) is 1.56. The van der Waals surface area contributed by atoms with Crippen LogP contribution in [0.1, 0.15) is 18.1 Å². The molecule has 0 atom stereocenters. The third kappa shape index (κ3) is 5.52. The van der Waals surface area contributed by atoms with Gasteiger partial charge in [0.25, 0.3) is 5.56 Å². The van der Waals surface area contributed by atoms with Crippen molar-refractivity contribution in [3.8, 4) is 17.3 Å². The molecule has 40 heavy (non-hydrogen) atoms. The quantitative estimate of drug-likeness (QED) is 0.276. The number of ether oxygens (including phenoxy) is 2. The molecule has 0 saturated heterocycles. The van der Waals surface area contributed by atoms with Crippen molar-refractivity contribution < 1.29 is 14.3 Å². The highest BCUT2D eigenvalue weighted by Gasteiger charge is 2.23. The Balaban J connectivity index is 1.53. The number of carbonyl (C=O) groups excluding carboxylic acids is 1. The standard InChI is InChI=1S/C29H26ClN5O5/c1-3-19-15-24-23(16-22(19)30)32-25-26(34(24)13-14-40-29(38)31-20-7-5-4-6-8-20)33-28(37)35(27(25)36)17-18-9-11-21(39-2)12-10-18/h4-12,15-16H,3,13-14,17H2,1-2H3,(H,31,38). The van der Waals surface area contributed by atoms with Gasteiger partial charge in [-0.1, -0.05) is 48.9 Å². The van der Waals surface area contributed by atoms with E-state index in [1.54, 1.807) is 66.3 Å². The second-order valence-electron chi connectivity index (χ2n) is 8.98. The van der Waals surface area contributed by atoms with Crippen LogP contribution in [-0.4, -0.2) is 38.9 Å². The first kappa shape index (κ1) is 26.9. The number of hydrogen-bond donors (Lipinski definition) is 1. The van der Waals surface area contributed by atoms with Crippen LogP contribution in [0.5, 0.6) is 5.75 Å². The summed E-state index contributed by atoms with van der Waals surface area (Å²) in [5.41, 5.74) is 1.96. The Morgan fingerprint density at radius 1 is 1.00 bits per heavy atom. The second-order valence-corrected chi connectivity index (χ2v) is 9.39. The van der Waals surface area contributed by atoms with E-state index in [9.17, 15) is 14.4 Å². The van der Waals surface area contributed by atoms with Gasteiger partial charge in [-0.3, -0.25) is 14.7 Å². The van der Waals surface area contributed by atoms with Gasteiger partial charge in [0.2, 0.25) is 0 Å². The first-order valence-electron chi connectivity index (χ1n) is 12.6. The summed E-state index contributed by atoms with van der Waals surface area (Å²) in [5, 5.41) is 3.17. The van der Waals surface area contributed by atoms with E-state index in [4.69, 9.17) is 21.1 Å². The van der Waals surface area contributed by atoms with Gasteiger partial charge in [0, 0.05) is 10.7 Å². The van der Waals surface area contributed by atoms with Crippen LogP contribution in [-0.2, 0) is 24.2 Å². The van der Waals surface area contributed by atoms with Gasteiger partial charge in [-0.15, -0.1) is 0 Å². The van der Waals surface area contributed by atoms with Crippen molar-refractivity contribution >= 4 is 34.4 Å². The molecule has 1 N–H and O–H groups in total. The number of halogens is 1. The number of para-hydroxylation sites is 1. The number of rotatable bonds is 8. The molecule has 0 aliphatic carbocycles. The number of fused-ring (bicyclic) bond motifs is 2. The van der Waals surface area contributed by atoms with E-state index in [1.807, 2.05) is 19.1 Å². The van der Waals surface area contributed by atoms with Gasteiger partial charge in [-0.2, -0.15) is 4.98 Å². The van der Waals surface area contributed by atoms with Crippen LogP contribution in [0.3, 0.4) is 0 Å². The van der Waals surface area contributed by atoms with Crippen molar-refractivity contribution in [2.75, 3.05) is 19.0 Å². The van der Waals surface area contributed by atoms with Gasteiger partial charge in [0.05, 0.1) is 31.2 Å². The third-order valence-corrected chi connectivity index (χ3v) is 6.82. The Morgan fingerprint density at radius 3 is 2.45 bits per heavy atom. The fraction of sp³-hybridized carbons (Fsp3) is 0.207. The summed E-state index contributed by atoms with van der Waals surface area (Å²) in [6, 6.07) is 19.5. The van der Waals surface area contributed by atoms with Crippen LogP contribution in [0, 0.1) is 0 Å². The maximum atomic E-state index is 13.6. The van der Waals surface area contributed by atoms with Crippen LogP contribution in [0.25, 0.3) is 22.6 Å². The number of carbonyl (C=O) groups is 1. The molecule has 0 aromatic heterocycles. The monoisotopic (exact) mass is 559 g/mol. The molecule has 5 rings (SSSR count). The number of hydrogen-bond acceptors (Lipinski definition) is 7. The molecule has 0 bridgehead atoms. The number of methoxy groups -OCH3 is 1. The lowest BCUT2D eigenvalue weighted by Crippen LogP contribution is -2.39. The molecule has 0 radical (unpaired) electrons. The van der Waals surface area contributed by atoms with E-state index in [0.717, 1.165) is 15.7 Å². The van der Waals surface area contributed by atoms with Crippen molar-refractivity contribution in [2.24, 2.45) is 0 Å². The highest BCUT2D eigenvalue weighted by Crippen LogP contribution is 2.27. The predicted molar refractivity (Wildman–Crippen MR) is 153 cm³/mol. The number of nitrogens with zero attached hydrogens (tertiary/aromatic N) is 4. The molecule has 3 aromatic carbocycles. The molecule has 204 valence electrons. The Kier molecular flexibility index (Phi) is 7.79. The number of amides is 1. The predicted octanol–water partition coefficient (Wildman–Crippen LogP) is 4.58. The summed E-state index contributed by atoms with van der Waals surface area (Å²) in [6.45, 7) is 2.06. The van der Waals surface area contributed by atoms with Crippen LogP contribution in [0.4, 0.5) is 10.5 Å². The molecule has 2 heterocycles. The average molecular weight is 560 g/mol. The first-order valence-corrected chi connectivity index (χ1v) is 13.0. The van der Waals surface area contributed by atoms with E-state index in [-0.39, 0.29) is 31.2 Å². The smallest absolute Gasteiger partial charge is 0.411 e. The Bertz CT molecular complexity index is 1770. The fourth-order valence-corrected chi connectivity index (χ4v) is 4.68. The van der Waals surface area contributed by atoms with Crippen molar-refractivity contribution in [3.63, 3.8) is 0 Å². The van der Waals surface area contributed by atoms with Crippen LogP contribution in [0.2, 0.25) is 5.02 Å². The average Bonchev–Trinajstić information content (AvgIpc) is 2.96.